The highest BCUT2D eigenvalue weighted by atomic mass is 32.1. The van der Waals surface area contributed by atoms with Crippen molar-refractivity contribution in [3.8, 4) is 0 Å². The molecule has 0 radical (unpaired) electrons. The second-order valence-corrected chi connectivity index (χ2v) is 8.48. The van der Waals surface area contributed by atoms with Crippen LogP contribution >= 0.6 is 11.3 Å². The number of amides is 2. The number of nitrogens with zero attached hydrogens (tertiary/aromatic N) is 3. The minimum atomic E-state index is -0.437. The summed E-state index contributed by atoms with van der Waals surface area (Å²) >= 11 is 1.54. The average Bonchev–Trinajstić information content (AvgIpc) is 3.22. The highest BCUT2D eigenvalue weighted by molar-refractivity contribution is 7.08. The van der Waals surface area contributed by atoms with Crippen LogP contribution in [0.25, 0.3) is 0 Å². The van der Waals surface area contributed by atoms with Crippen LogP contribution in [0, 0.1) is 5.41 Å². The van der Waals surface area contributed by atoms with Gasteiger partial charge < -0.3 is 19.4 Å². The van der Waals surface area contributed by atoms with Gasteiger partial charge in [-0.2, -0.15) is 11.3 Å². The number of hydrogen-bond acceptors (Lipinski definition) is 5. The van der Waals surface area contributed by atoms with Gasteiger partial charge in [0.1, 0.15) is 0 Å². The van der Waals surface area contributed by atoms with Crippen molar-refractivity contribution >= 4 is 23.2 Å². The first-order valence-electron chi connectivity index (χ1n) is 9.51. The number of thiophene rings is 1. The highest BCUT2D eigenvalue weighted by Crippen LogP contribution is 2.44. The quantitative estimate of drug-likeness (QED) is 0.784. The summed E-state index contributed by atoms with van der Waals surface area (Å²) in [6.45, 7) is 4.99. The van der Waals surface area contributed by atoms with Crippen molar-refractivity contribution in [2.24, 2.45) is 5.41 Å². The van der Waals surface area contributed by atoms with Gasteiger partial charge in [-0.15, -0.1) is 0 Å². The van der Waals surface area contributed by atoms with Gasteiger partial charge in [-0.1, -0.05) is 0 Å². The van der Waals surface area contributed by atoms with Gasteiger partial charge in [0.2, 0.25) is 5.91 Å². The first-order valence-corrected chi connectivity index (χ1v) is 10.4. The molecule has 3 aliphatic rings. The topological polar surface area (TPSA) is 53.1 Å². The zero-order valence-corrected chi connectivity index (χ0v) is 16.2. The van der Waals surface area contributed by atoms with Crippen LogP contribution in [0.15, 0.2) is 16.8 Å². The Hall–Kier alpha value is -1.44. The van der Waals surface area contributed by atoms with E-state index in [0.717, 1.165) is 44.5 Å². The Morgan fingerprint density at radius 2 is 2.00 bits per heavy atom. The summed E-state index contributed by atoms with van der Waals surface area (Å²) in [6.07, 6.45) is 2.61. The molecule has 0 aromatic carbocycles. The summed E-state index contributed by atoms with van der Waals surface area (Å²) < 4.78 is 5.43. The van der Waals surface area contributed by atoms with Crippen LogP contribution in [0.5, 0.6) is 0 Å². The molecule has 1 aromatic heterocycles. The summed E-state index contributed by atoms with van der Waals surface area (Å²) in [5, 5.41) is 3.85. The predicted octanol–water partition coefficient (Wildman–Crippen LogP) is 1.53. The van der Waals surface area contributed by atoms with Crippen molar-refractivity contribution in [3.05, 3.63) is 22.4 Å². The number of fused-ring (bicyclic) bond motifs is 1. The number of likely N-dealkylation sites (N-methyl/N-ethyl adjacent to an activating group) is 1. The molecule has 3 aliphatic heterocycles. The third-order valence-electron chi connectivity index (χ3n) is 6.21. The number of piperidine rings is 2. The number of morpholine rings is 1. The van der Waals surface area contributed by atoms with E-state index in [1.807, 2.05) is 26.6 Å². The lowest BCUT2D eigenvalue weighted by molar-refractivity contribution is -0.157. The molecule has 4 heterocycles. The van der Waals surface area contributed by atoms with Crippen LogP contribution in [-0.2, 0) is 9.53 Å². The Labute approximate surface area is 158 Å². The molecule has 3 saturated heterocycles. The summed E-state index contributed by atoms with van der Waals surface area (Å²) in [7, 11) is 2.09. The average molecular weight is 378 g/mol. The van der Waals surface area contributed by atoms with Crippen LogP contribution in [0.3, 0.4) is 0 Å². The fourth-order valence-electron chi connectivity index (χ4n) is 4.76. The van der Waals surface area contributed by atoms with Crippen molar-refractivity contribution < 1.29 is 14.3 Å². The Balaban J connectivity index is 1.64. The molecule has 26 heavy (non-hydrogen) atoms. The Bertz CT molecular complexity index is 659. The third kappa shape index (κ3) is 3.06. The van der Waals surface area contributed by atoms with Gasteiger partial charge in [0.25, 0.3) is 5.91 Å². The molecule has 1 aromatic rings. The summed E-state index contributed by atoms with van der Waals surface area (Å²) in [4.78, 5) is 32.9. The lowest BCUT2D eigenvalue weighted by atomic mass is 9.67. The maximum absolute atomic E-state index is 13.6. The molecule has 0 aliphatic carbocycles. The van der Waals surface area contributed by atoms with Gasteiger partial charge in [0.05, 0.1) is 30.2 Å². The molecule has 142 valence electrons. The zero-order chi connectivity index (χ0) is 18.1. The maximum atomic E-state index is 13.6. The van der Waals surface area contributed by atoms with Crippen molar-refractivity contribution in [3.63, 3.8) is 0 Å². The van der Waals surface area contributed by atoms with E-state index < -0.39 is 5.41 Å². The van der Waals surface area contributed by atoms with Crippen molar-refractivity contribution in [1.82, 2.24) is 14.7 Å². The molecular formula is C19H27N3O3S. The fraction of sp³-hybridized carbons (Fsp3) is 0.684. The number of hydrogen-bond donors (Lipinski definition) is 0. The van der Waals surface area contributed by atoms with Crippen LogP contribution in [0.1, 0.15) is 29.6 Å². The maximum Gasteiger partial charge on any atom is 0.255 e. The molecule has 2 atom stereocenters. The molecule has 7 heteroatoms. The molecule has 0 bridgehead atoms. The summed E-state index contributed by atoms with van der Waals surface area (Å²) in [5.74, 6) is 0.312. The van der Waals surface area contributed by atoms with Crippen LogP contribution < -0.4 is 0 Å². The van der Waals surface area contributed by atoms with E-state index in [0.29, 0.717) is 26.3 Å². The lowest BCUT2D eigenvalue weighted by Crippen LogP contribution is -2.67. The molecular weight excluding hydrogens is 350 g/mol. The largest absolute Gasteiger partial charge is 0.378 e. The Morgan fingerprint density at radius 3 is 2.73 bits per heavy atom. The van der Waals surface area contributed by atoms with Crippen molar-refractivity contribution in [1.29, 1.82) is 0 Å². The fourth-order valence-corrected chi connectivity index (χ4v) is 5.39. The van der Waals surface area contributed by atoms with Gasteiger partial charge >= 0.3 is 0 Å². The SMILES string of the molecule is CN1CC[C@]2(C(=O)N3CCOCC3)CCCN(C(=O)c3ccsc3)[C@H]2C1. The van der Waals surface area contributed by atoms with Crippen molar-refractivity contribution in [2.75, 3.05) is 53.0 Å². The second kappa shape index (κ2) is 7.29. The van der Waals surface area contributed by atoms with E-state index >= 15 is 0 Å². The van der Waals surface area contributed by atoms with E-state index in [4.69, 9.17) is 4.74 Å². The molecule has 3 fully saturated rings. The Morgan fingerprint density at radius 1 is 1.19 bits per heavy atom. The third-order valence-corrected chi connectivity index (χ3v) is 6.90. The van der Waals surface area contributed by atoms with Gasteiger partial charge in [0.15, 0.2) is 0 Å². The number of likely N-dealkylation sites (tertiary alicyclic amines) is 2. The number of carbonyl (C=O) groups excluding carboxylic acids is 2. The molecule has 0 saturated carbocycles. The highest BCUT2D eigenvalue weighted by Gasteiger charge is 2.54. The number of ether oxygens (including phenoxy) is 1. The predicted molar refractivity (Wildman–Crippen MR) is 100 cm³/mol. The normalized spacial score (nSPS) is 30.1. The molecule has 0 spiro atoms. The van der Waals surface area contributed by atoms with E-state index in [-0.39, 0.29) is 17.9 Å². The van der Waals surface area contributed by atoms with Crippen LogP contribution in [0.2, 0.25) is 0 Å². The second-order valence-electron chi connectivity index (χ2n) is 7.70. The van der Waals surface area contributed by atoms with Gasteiger partial charge in [0, 0.05) is 31.6 Å². The first-order chi connectivity index (χ1) is 12.6. The standard InChI is InChI=1S/C19H27N3O3S/c1-20-7-5-19(18(24)21-8-10-25-11-9-21)4-2-6-22(16(19)13-20)17(23)15-3-12-26-14-15/h3,12,14,16H,2,4-11,13H2,1H3/t16-,19+/m0/s1. The lowest BCUT2D eigenvalue weighted by Gasteiger charge is -2.54. The van der Waals surface area contributed by atoms with E-state index in [1.165, 1.54) is 0 Å². The number of rotatable bonds is 2. The summed E-state index contributed by atoms with van der Waals surface area (Å²) in [5.41, 5.74) is 0.311. The monoisotopic (exact) mass is 377 g/mol. The van der Waals surface area contributed by atoms with Gasteiger partial charge in [-0.05, 0) is 44.3 Å². The van der Waals surface area contributed by atoms with Crippen LogP contribution in [0.4, 0.5) is 0 Å². The summed E-state index contributed by atoms with van der Waals surface area (Å²) in [6, 6.07) is 1.84. The molecule has 6 nitrogen and oxygen atoms in total. The van der Waals surface area contributed by atoms with E-state index in [9.17, 15) is 9.59 Å². The molecule has 4 rings (SSSR count). The smallest absolute Gasteiger partial charge is 0.255 e. The molecule has 0 unspecified atom stereocenters. The number of carbonyl (C=O) groups is 2. The minimum Gasteiger partial charge on any atom is -0.378 e. The van der Waals surface area contributed by atoms with Crippen molar-refractivity contribution in [2.45, 2.75) is 25.3 Å². The zero-order valence-electron chi connectivity index (χ0n) is 15.4. The molecule has 0 N–H and O–H groups in total. The molecule has 2 amide bonds. The Kier molecular flexibility index (Phi) is 5.03. The van der Waals surface area contributed by atoms with Gasteiger partial charge in [-0.3, -0.25) is 9.59 Å². The van der Waals surface area contributed by atoms with E-state index in [2.05, 4.69) is 11.9 Å². The first kappa shape index (κ1) is 17.9. The minimum absolute atomic E-state index is 0.0438. The van der Waals surface area contributed by atoms with Crippen LogP contribution in [-0.4, -0.2) is 85.5 Å². The van der Waals surface area contributed by atoms with Gasteiger partial charge in [-0.25, -0.2) is 0 Å². The van der Waals surface area contributed by atoms with E-state index in [1.54, 1.807) is 11.3 Å².